The lowest BCUT2D eigenvalue weighted by atomic mass is 9.95. The summed E-state index contributed by atoms with van der Waals surface area (Å²) in [4.78, 5) is 50.4. The zero-order chi connectivity index (χ0) is 35.3. The summed E-state index contributed by atoms with van der Waals surface area (Å²) in [5, 5.41) is 2.98. The second-order valence-electron chi connectivity index (χ2n) is 12.9. The van der Waals surface area contributed by atoms with E-state index in [1.165, 1.54) is 30.3 Å². The number of pyridine rings is 1. The van der Waals surface area contributed by atoms with Gasteiger partial charge in [0.25, 0.3) is 11.8 Å². The summed E-state index contributed by atoms with van der Waals surface area (Å²) < 4.78 is 65.7. The second-order valence-corrected chi connectivity index (χ2v) is 12.9. The van der Waals surface area contributed by atoms with Crippen molar-refractivity contribution in [1.29, 1.82) is 0 Å². The zero-order valence-electron chi connectivity index (χ0n) is 27.4. The molecule has 1 aromatic heterocycles. The number of nitrogens with one attached hydrogen (secondary N) is 1. The van der Waals surface area contributed by atoms with Gasteiger partial charge in [-0.3, -0.25) is 19.3 Å². The number of alkyl halides is 3. The smallest absolute Gasteiger partial charge is 0.416 e. The molecule has 2 saturated heterocycles. The molecule has 2 fully saturated rings. The van der Waals surface area contributed by atoms with Crippen LogP contribution in [-0.2, 0) is 22.3 Å². The molecule has 6 bridgehead atoms. The first-order chi connectivity index (χ1) is 24.0. The number of amides is 3. The number of fused-ring (bicyclic) bond motifs is 10. The van der Waals surface area contributed by atoms with E-state index >= 15 is 0 Å². The second kappa shape index (κ2) is 15.5. The van der Waals surface area contributed by atoms with Gasteiger partial charge in [0.05, 0.1) is 30.4 Å². The van der Waals surface area contributed by atoms with Crippen LogP contribution in [0.5, 0.6) is 5.88 Å². The van der Waals surface area contributed by atoms with Crippen molar-refractivity contribution in [2.24, 2.45) is 5.92 Å². The molecular weight excluding hydrogens is 658 g/mol. The summed E-state index contributed by atoms with van der Waals surface area (Å²) in [5.41, 5.74) is -0.0394. The van der Waals surface area contributed by atoms with Gasteiger partial charge in [0, 0.05) is 51.4 Å². The van der Waals surface area contributed by atoms with E-state index in [2.05, 4.69) is 10.3 Å². The molecule has 2 atom stereocenters. The third kappa shape index (κ3) is 8.59. The fourth-order valence-electron chi connectivity index (χ4n) is 6.78. The SMILES string of the molecule is O=C1N[C@@H]2C[C@@H](C(=O)N3CCC(CC3)CN(C(=O)c3ccccc3F)CCOCCOc3cccc1n3)N(Cc1ccc(C(F)(F)F)cc1)C2. The fraction of sp³-hybridized carbons (Fsp3) is 0.444. The predicted molar refractivity (Wildman–Crippen MR) is 174 cm³/mol. The van der Waals surface area contributed by atoms with Crippen molar-refractivity contribution >= 4 is 17.7 Å². The van der Waals surface area contributed by atoms with Crippen LogP contribution in [0.15, 0.2) is 66.7 Å². The molecule has 14 heteroatoms. The largest absolute Gasteiger partial charge is 0.475 e. The maximum absolute atomic E-state index is 14.6. The highest BCUT2D eigenvalue weighted by molar-refractivity contribution is 5.94. The van der Waals surface area contributed by atoms with Crippen molar-refractivity contribution in [3.8, 4) is 5.88 Å². The molecule has 4 aliphatic heterocycles. The normalized spacial score (nSPS) is 22.8. The standard InChI is InChI=1S/C36H39F4N5O5/c37-29-5-2-1-4-28(29)34(47)44-16-17-49-18-19-50-32-7-3-6-30(42-32)33(46)41-27-20-31(35(48)43-14-12-25(21-44)13-15-43)45(23-27)22-24-8-10-26(11-9-24)36(38,39)40/h1-11,25,27,31H,12-23H2,(H,41,46)/t27-,31+/m1/s1. The van der Waals surface area contributed by atoms with E-state index in [4.69, 9.17) is 9.47 Å². The molecule has 7 rings (SSSR count). The number of hydrogen-bond donors (Lipinski definition) is 1. The van der Waals surface area contributed by atoms with Crippen LogP contribution in [0, 0.1) is 11.7 Å². The molecule has 1 N–H and O–H groups in total. The zero-order valence-corrected chi connectivity index (χ0v) is 27.4. The van der Waals surface area contributed by atoms with Gasteiger partial charge in [-0.1, -0.05) is 30.3 Å². The maximum Gasteiger partial charge on any atom is 0.416 e. The molecule has 0 spiro atoms. The molecule has 5 heterocycles. The number of aromatic nitrogens is 1. The van der Waals surface area contributed by atoms with Crippen LogP contribution in [0.3, 0.4) is 0 Å². The predicted octanol–water partition coefficient (Wildman–Crippen LogP) is 4.40. The molecule has 0 aliphatic carbocycles. The van der Waals surface area contributed by atoms with E-state index in [-0.39, 0.29) is 61.9 Å². The summed E-state index contributed by atoms with van der Waals surface area (Å²) in [7, 11) is 0. The first-order valence-corrected chi connectivity index (χ1v) is 16.8. The molecule has 50 heavy (non-hydrogen) atoms. The van der Waals surface area contributed by atoms with E-state index in [1.54, 1.807) is 34.1 Å². The van der Waals surface area contributed by atoms with Crippen LogP contribution in [0.1, 0.15) is 51.2 Å². The number of carbonyl (C=O) groups excluding carboxylic acids is 3. The Labute approximate surface area is 287 Å². The average Bonchev–Trinajstić information content (AvgIpc) is 3.50. The first kappa shape index (κ1) is 35.3. The van der Waals surface area contributed by atoms with Gasteiger partial charge in [-0.2, -0.15) is 13.2 Å². The van der Waals surface area contributed by atoms with E-state index in [0.717, 1.165) is 12.1 Å². The van der Waals surface area contributed by atoms with Crippen LogP contribution < -0.4 is 10.1 Å². The highest BCUT2D eigenvalue weighted by Crippen LogP contribution is 2.31. The van der Waals surface area contributed by atoms with Crippen molar-refractivity contribution in [2.45, 2.75) is 44.1 Å². The molecular formula is C36H39F4N5O5. The Morgan fingerprint density at radius 2 is 1.66 bits per heavy atom. The summed E-state index contributed by atoms with van der Waals surface area (Å²) in [6.07, 6.45) is -2.91. The van der Waals surface area contributed by atoms with E-state index in [1.807, 2.05) is 4.90 Å². The van der Waals surface area contributed by atoms with Crippen LogP contribution in [0.25, 0.3) is 0 Å². The minimum Gasteiger partial charge on any atom is -0.475 e. The Hall–Kier alpha value is -4.56. The lowest BCUT2D eigenvalue weighted by Gasteiger charge is -2.37. The number of hydrogen-bond acceptors (Lipinski definition) is 7. The third-order valence-corrected chi connectivity index (χ3v) is 9.43. The van der Waals surface area contributed by atoms with Crippen molar-refractivity contribution in [2.75, 3.05) is 52.5 Å². The van der Waals surface area contributed by atoms with Gasteiger partial charge < -0.3 is 24.6 Å². The number of piperidine rings is 1. The van der Waals surface area contributed by atoms with Crippen LogP contribution >= 0.6 is 0 Å². The van der Waals surface area contributed by atoms with Gasteiger partial charge in [0.2, 0.25) is 11.8 Å². The Morgan fingerprint density at radius 3 is 2.40 bits per heavy atom. The van der Waals surface area contributed by atoms with Gasteiger partial charge in [-0.25, -0.2) is 9.37 Å². The number of halogens is 4. The number of rotatable bonds is 3. The Kier molecular flexibility index (Phi) is 11.0. The van der Waals surface area contributed by atoms with Crippen LogP contribution in [-0.4, -0.2) is 102 Å². The summed E-state index contributed by atoms with van der Waals surface area (Å²) in [5.74, 6) is -1.33. The number of carbonyl (C=O) groups is 3. The molecule has 4 aliphatic rings. The maximum atomic E-state index is 14.6. The molecule has 266 valence electrons. The van der Waals surface area contributed by atoms with Crippen molar-refractivity contribution in [3.05, 3.63) is 94.9 Å². The topological polar surface area (TPSA) is 104 Å². The molecule has 0 radical (unpaired) electrons. The van der Waals surface area contributed by atoms with Crippen LogP contribution in [0.4, 0.5) is 17.6 Å². The van der Waals surface area contributed by atoms with Gasteiger partial charge in [0.1, 0.15) is 18.1 Å². The van der Waals surface area contributed by atoms with Crippen molar-refractivity contribution in [3.63, 3.8) is 0 Å². The van der Waals surface area contributed by atoms with Gasteiger partial charge in [-0.15, -0.1) is 0 Å². The molecule has 3 aromatic rings. The van der Waals surface area contributed by atoms with Gasteiger partial charge in [0.15, 0.2) is 0 Å². The van der Waals surface area contributed by atoms with Crippen molar-refractivity contribution < 1.29 is 41.4 Å². The van der Waals surface area contributed by atoms with E-state index in [9.17, 15) is 31.9 Å². The number of likely N-dealkylation sites (tertiary alicyclic amines) is 1. The van der Waals surface area contributed by atoms with Crippen LogP contribution in [0.2, 0.25) is 0 Å². The average molecular weight is 698 g/mol. The first-order valence-electron chi connectivity index (χ1n) is 16.8. The highest BCUT2D eigenvalue weighted by atomic mass is 19.4. The summed E-state index contributed by atoms with van der Waals surface area (Å²) >= 11 is 0. The molecule has 10 nitrogen and oxygen atoms in total. The molecule has 0 unspecified atom stereocenters. The Bertz CT molecular complexity index is 1670. The quantitative estimate of drug-likeness (QED) is 0.320. The Morgan fingerprint density at radius 1 is 0.900 bits per heavy atom. The Balaban J connectivity index is 1.22. The fourth-order valence-corrected chi connectivity index (χ4v) is 6.78. The molecule has 0 saturated carbocycles. The van der Waals surface area contributed by atoms with Gasteiger partial charge >= 0.3 is 6.18 Å². The number of ether oxygens (including phenoxy) is 2. The lowest BCUT2D eigenvalue weighted by Crippen LogP contribution is -2.49. The lowest BCUT2D eigenvalue weighted by molar-refractivity contribution is -0.138. The van der Waals surface area contributed by atoms with Crippen molar-refractivity contribution in [1.82, 2.24) is 25.0 Å². The molecule has 2 aromatic carbocycles. The molecule has 3 amide bonds. The third-order valence-electron chi connectivity index (χ3n) is 9.43. The van der Waals surface area contributed by atoms with E-state index < -0.39 is 41.5 Å². The minimum absolute atomic E-state index is 0.0213. The van der Waals surface area contributed by atoms with Gasteiger partial charge in [-0.05, 0) is 61.1 Å². The minimum atomic E-state index is -4.46. The van der Waals surface area contributed by atoms with E-state index in [0.29, 0.717) is 51.0 Å². The summed E-state index contributed by atoms with van der Waals surface area (Å²) in [6.45, 7) is 2.52. The number of benzene rings is 2. The summed E-state index contributed by atoms with van der Waals surface area (Å²) in [6, 6.07) is 14.5. The highest BCUT2D eigenvalue weighted by Gasteiger charge is 2.41. The monoisotopic (exact) mass is 697 g/mol. The number of nitrogens with zero attached hydrogens (tertiary/aromatic N) is 4.